The number of benzene rings is 1. The summed E-state index contributed by atoms with van der Waals surface area (Å²) in [5.41, 5.74) is 5.55. The molecule has 0 fully saturated rings. The molecule has 0 saturated heterocycles. The van der Waals surface area contributed by atoms with E-state index in [4.69, 9.17) is 0 Å². The van der Waals surface area contributed by atoms with Crippen LogP contribution in [0.1, 0.15) is 28.6 Å². The first-order chi connectivity index (χ1) is 10.8. The smallest absolute Gasteiger partial charge is 0.159 e. The first-order valence-corrected chi connectivity index (χ1v) is 7.46. The topological polar surface area (TPSA) is 66.5 Å². The van der Waals surface area contributed by atoms with Gasteiger partial charge in [-0.25, -0.2) is 15.0 Å². The predicted octanol–water partition coefficient (Wildman–Crippen LogP) is 2.41. The van der Waals surface area contributed by atoms with E-state index >= 15 is 0 Å². The molecule has 1 aromatic carbocycles. The zero-order valence-electron chi connectivity index (χ0n) is 12.4. The van der Waals surface area contributed by atoms with Crippen molar-refractivity contribution in [2.75, 3.05) is 6.54 Å². The molecule has 1 aliphatic heterocycles. The van der Waals surface area contributed by atoms with Crippen LogP contribution in [0.5, 0.6) is 0 Å². The molecule has 22 heavy (non-hydrogen) atoms. The molecule has 3 aromatic rings. The molecule has 0 spiro atoms. The molecular formula is C17H17N5. The number of H-pyrrole nitrogens is 1. The number of rotatable bonds is 2. The molecule has 0 aliphatic carbocycles. The maximum atomic E-state index is 4.53. The van der Waals surface area contributed by atoms with Crippen LogP contribution < -0.4 is 5.32 Å². The van der Waals surface area contributed by atoms with E-state index in [9.17, 15) is 0 Å². The molecule has 0 amide bonds. The van der Waals surface area contributed by atoms with Crippen LogP contribution in [0.2, 0.25) is 0 Å². The summed E-state index contributed by atoms with van der Waals surface area (Å²) < 4.78 is 0. The molecule has 0 radical (unpaired) electrons. The maximum Gasteiger partial charge on any atom is 0.159 e. The molecule has 0 unspecified atom stereocenters. The SMILES string of the molecule is Cc1cccc(-c2ncc([C@@H]3NCCc4[nH]cnc43)cn2)c1. The minimum absolute atomic E-state index is 0.0709. The molecule has 2 aromatic heterocycles. The summed E-state index contributed by atoms with van der Waals surface area (Å²) in [6.07, 6.45) is 6.53. The average molecular weight is 291 g/mol. The van der Waals surface area contributed by atoms with E-state index < -0.39 is 0 Å². The lowest BCUT2D eigenvalue weighted by molar-refractivity contribution is 0.551. The normalized spacial score (nSPS) is 17.2. The van der Waals surface area contributed by atoms with Gasteiger partial charge in [0.2, 0.25) is 0 Å². The fraction of sp³-hybridized carbons (Fsp3) is 0.235. The second-order valence-corrected chi connectivity index (χ2v) is 5.61. The standard InChI is InChI=1S/C17H17N5/c1-11-3-2-4-12(7-11)17-19-8-13(9-20-17)15-16-14(5-6-18-15)21-10-22-16/h2-4,7-10,15,18H,5-6H2,1H3,(H,21,22)/t15-/m0/s1. The third-order valence-electron chi connectivity index (χ3n) is 4.03. The number of aromatic nitrogens is 4. The molecule has 2 N–H and O–H groups in total. The second kappa shape index (κ2) is 5.35. The van der Waals surface area contributed by atoms with Gasteiger partial charge < -0.3 is 10.3 Å². The van der Waals surface area contributed by atoms with Crippen molar-refractivity contribution < 1.29 is 0 Å². The van der Waals surface area contributed by atoms with Crippen molar-refractivity contribution in [3.05, 3.63) is 65.5 Å². The predicted molar refractivity (Wildman–Crippen MR) is 84.3 cm³/mol. The number of aryl methyl sites for hydroxylation is 1. The Kier molecular flexibility index (Phi) is 3.20. The molecule has 1 aliphatic rings. The highest BCUT2D eigenvalue weighted by Gasteiger charge is 2.24. The van der Waals surface area contributed by atoms with Crippen LogP contribution in [0.4, 0.5) is 0 Å². The molecular weight excluding hydrogens is 274 g/mol. The van der Waals surface area contributed by atoms with Crippen LogP contribution in [-0.4, -0.2) is 26.5 Å². The Hall–Kier alpha value is -2.53. The fourth-order valence-electron chi connectivity index (χ4n) is 2.91. The number of aromatic amines is 1. The fourth-order valence-corrected chi connectivity index (χ4v) is 2.91. The zero-order valence-corrected chi connectivity index (χ0v) is 12.4. The van der Waals surface area contributed by atoms with Gasteiger partial charge in [-0.1, -0.05) is 23.8 Å². The lowest BCUT2D eigenvalue weighted by Gasteiger charge is -2.22. The monoisotopic (exact) mass is 291 g/mol. The van der Waals surface area contributed by atoms with E-state index in [1.165, 1.54) is 11.3 Å². The van der Waals surface area contributed by atoms with Gasteiger partial charge in [0.1, 0.15) is 0 Å². The number of fused-ring (bicyclic) bond motifs is 1. The third kappa shape index (κ3) is 2.29. The Morgan fingerprint density at radius 1 is 1.14 bits per heavy atom. The summed E-state index contributed by atoms with van der Waals surface area (Å²) in [6, 6.07) is 8.30. The zero-order chi connectivity index (χ0) is 14.9. The Morgan fingerprint density at radius 3 is 2.82 bits per heavy atom. The van der Waals surface area contributed by atoms with E-state index in [-0.39, 0.29) is 6.04 Å². The van der Waals surface area contributed by atoms with Gasteiger partial charge in [-0.2, -0.15) is 0 Å². The first kappa shape index (κ1) is 13.2. The highest BCUT2D eigenvalue weighted by atomic mass is 15.0. The summed E-state index contributed by atoms with van der Waals surface area (Å²) in [4.78, 5) is 16.7. The highest BCUT2D eigenvalue weighted by Crippen LogP contribution is 2.26. The van der Waals surface area contributed by atoms with Gasteiger partial charge in [0.05, 0.1) is 18.1 Å². The lowest BCUT2D eigenvalue weighted by atomic mass is 10.0. The van der Waals surface area contributed by atoms with Crippen LogP contribution >= 0.6 is 0 Å². The summed E-state index contributed by atoms with van der Waals surface area (Å²) in [5.74, 6) is 0.755. The van der Waals surface area contributed by atoms with Gasteiger partial charge in [-0.05, 0) is 13.0 Å². The summed E-state index contributed by atoms with van der Waals surface area (Å²) in [6.45, 7) is 3.00. The van der Waals surface area contributed by atoms with Gasteiger partial charge in [-0.3, -0.25) is 0 Å². The van der Waals surface area contributed by atoms with Gasteiger partial charge in [0.15, 0.2) is 5.82 Å². The quantitative estimate of drug-likeness (QED) is 0.761. The molecule has 110 valence electrons. The van der Waals surface area contributed by atoms with Crippen LogP contribution in [0.25, 0.3) is 11.4 Å². The summed E-state index contributed by atoms with van der Waals surface area (Å²) >= 11 is 0. The molecule has 0 bridgehead atoms. The molecule has 0 saturated carbocycles. The van der Waals surface area contributed by atoms with Gasteiger partial charge in [0, 0.05) is 42.2 Å². The van der Waals surface area contributed by atoms with Crippen LogP contribution in [0.3, 0.4) is 0 Å². The van der Waals surface area contributed by atoms with Gasteiger partial charge in [0.25, 0.3) is 0 Å². The van der Waals surface area contributed by atoms with E-state index in [1.807, 2.05) is 24.5 Å². The Bertz CT molecular complexity index is 791. The molecule has 1 atom stereocenters. The van der Waals surface area contributed by atoms with Crippen molar-refractivity contribution in [2.24, 2.45) is 0 Å². The Balaban J connectivity index is 1.66. The van der Waals surface area contributed by atoms with Crippen molar-refractivity contribution in [1.29, 1.82) is 0 Å². The number of hydrogen-bond acceptors (Lipinski definition) is 4. The number of imidazole rings is 1. The highest BCUT2D eigenvalue weighted by molar-refractivity contribution is 5.55. The average Bonchev–Trinajstić information content (AvgIpc) is 3.04. The summed E-state index contributed by atoms with van der Waals surface area (Å²) in [7, 11) is 0. The number of nitrogens with zero attached hydrogens (tertiary/aromatic N) is 3. The molecule has 5 heteroatoms. The van der Waals surface area contributed by atoms with E-state index in [1.54, 1.807) is 6.33 Å². The third-order valence-corrected chi connectivity index (χ3v) is 4.03. The molecule has 5 nitrogen and oxygen atoms in total. The Labute approximate surface area is 128 Å². The van der Waals surface area contributed by atoms with Crippen LogP contribution in [0.15, 0.2) is 43.0 Å². The van der Waals surface area contributed by atoms with Crippen molar-refractivity contribution in [1.82, 2.24) is 25.3 Å². The van der Waals surface area contributed by atoms with Crippen molar-refractivity contribution in [3.8, 4) is 11.4 Å². The molecule has 4 rings (SSSR count). The largest absolute Gasteiger partial charge is 0.348 e. The van der Waals surface area contributed by atoms with Crippen molar-refractivity contribution in [2.45, 2.75) is 19.4 Å². The Morgan fingerprint density at radius 2 is 2.00 bits per heavy atom. The second-order valence-electron chi connectivity index (χ2n) is 5.61. The minimum Gasteiger partial charge on any atom is -0.348 e. The van der Waals surface area contributed by atoms with Gasteiger partial charge >= 0.3 is 0 Å². The van der Waals surface area contributed by atoms with Crippen molar-refractivity contribution >= 4 is 0 Å². The van der Waals surface area contributed by atoms with Gasteiger partial charge in [-0.15, -0.1) is 0 Å². The number of hydrogen-bond donors (Lipinski definition) is 2. The maximum absolute atomic E-state index is 4.53. The van der Waals surface area contributed by atoms with Crippen molar-refractivity contribution in [3.63, 3.8) is 0 Å². The molecule has 3 heterocycles. The van der Waals surface area contributed by atoms with E-state index in [2.05, 4.69) is 44.3 Å². The minimum atomic E-state index is 0.0709. The van der Waals surface area contributed by atoms with Crippen LogP contribution in [0, 0.1) is 6.92 Å². The van der Waals surface area contributed by atoms with E-state index in [0.29, 0.717) is 0 Å². The summed E-state index contributed by atoms with van der Waals surface area (Å²) in [5, 5.41) is 3.48. The number of nitrogens with one attached hydrogen (secondary N) is 2. The first-order valence-electron chi connectivity index (χ1n) is 7.46. The van der Waals surface area contributed by atoms with E-state index in [0.717, 1.165) is 35.6 Å². The lowest BCUT2D eigenvalue weighted by Crippen LogP contribution is -2.30. The van der Waals surface area contributed by atoms with Crippen LogP contribution in [-0.2, 0) is 6.42 Å².